The van der Waals surface area contributed by atoms with Gasteiger partial charge in [0.25, 0.3) is 0 Å². The predicted octanol–water partition coefficient (Wildman–Crippen LogP) is 6.52. The number of rotatable bonds is 4. The summed E-state index contributed by atoms with van der Waals surface area (Å²) < 4.78 is 0. The fraction of sp³-hybridized carbons (Fsp3) is 0.533. The Morgan fingerprint density at radius 3 is 0.853 bits per heavy atom. The van der Waals surface area contributed by atoms with Gasteiger partial charge in [0.05, 0.1) is 0 Å². The van der Waals surface area contributed by atoms with Crippen LogP contribution in [0.2, 0.25) is 0 Å². The summed E-state index contributed by atoms with van der Waals surface area (Å²) in [4.78, 5) is 0. The zero-order chi connectivity index (χ0) is 23.9. The second kappa shape index (κ2) is 20.1. The van der Waals surface area contributed by atoms with E-state index in [1.807, 2.05) is 0 Å². The Morgan fingerprint density at radius 1 is 0.471 bits per heavy atom. The molecule has 0 bridgehead atoms. The van der Waals surface area contributed by atoms with E-state index in [0.29, 0.717) is 22.6 Å². The molecule has 3 rings (SSSR count). The molecule has 0 unspecified atom stereocenters. The van der Waals surface area contributed by atoms with Gasteiger partial charge in [0.15, 0.2) is 0 Å². The first-order valence-corrected chi connectivity index (χ1v) is 14.5. The minimum Gasteiger partial charge on any atom is -0.102 e. The van der Waals surface area contributed by atoms with Crippen molar-refractivity contribution in [3.8, 4) is 71.0 Å². The Bertz CT molecular complexity index is 943. The van der Waals surface area contributed by atoms with E-state index in [2.05, 4.69) is 126 Å². The van der Waals surface area contributed by atoms with E-state index in [-0.39, 0.29) is 51.6 Å². The van der Waals surface area contributed by atoms with Gasteiger partial charge in [0.2, 0.25) is 10.6 Å². The summed E-state index contributed by atoms with van der Waals surface area (Å²) in [5.74, 6) is 35.8. The molecule has 3 aliphatic rings. The maximum absolute atomic E-state index is 3.09. The van der Waals surface area contributed by atoms with E-state index in [1.165, 1.54) is 10.6 Å². The van der Waals surface area contributed by atoms with E-state index in [1.54, 1.807) is 0 Å². The van der Waals surface area contributed by atoms with Crippen molar-refractivity contribution in [2.45, 2.75) is 104 Å². The summed E-state index contributed by atoms with van der Waals surface area (Å²) in [5.41, 5.74) is 2.82. The Hall–Kier alpha value is -1.16. The average Bonchev–Trinajstić information content (AvgIpc) is 3.35. The van der Waals surface area contributed by atoms with Crippen molar-refractivity contribution >= 4 is 25.7 Å². The molecule has 179 valence electrons. The van der Waals surface area contributed by atoms with Crippen molar-refractivity contribution in [3.63, 3.8) is 0 Å². The third-order valence-corrected chi connectivity index (χ3v) is 10.5. The first kappa shape index (κ1) is 35.0. The van der Waals surface area contributed by atoms with E-state index >= 15 is 0 Å². The van der Waals surface area contributed by atoms with Crippen LogP contribution in [-0.2, 0) is 36.5 Å². The van der Waals surface area contributed by atoms with Gasteiger partial charge in [-0.2, -0.15) is 0 Å². The van der Waals surface area contributed by atoms with Crippen LogP contribution in [0.15, 0.2) is 0 Å². The molecule has 0 aromatic carbocycles. The van der Waals surface area contributed by atoms with Crippen LogP contribution in [0.4, 0.5) is 0 Å². The van der Waals surface area contributed by atoms with Gasteiger partial charge in [-0.3, -0.25) is 0 Å². The maximum atomic E-state index is 3.09. The molecular weight excluding hydrogens is 581 g/mol. The average molecular weight is 617 g/mol. The van der Waals surface area contributed by atoms with Gasteiger partial charge in [-0.1, -0.05) is 0 Å². The molecule has 1 radical (unpaired) electrons. The van der Waals surface area contributed by atoms with Gasteiger partial charge < -0.3 is 0 Å². The molecule has 0 aliphatic heterocycles. The van der Waals surface area contributed by atoms with Gasteiger partial charge in [-0.15, -0.1) is 23.7 Å². The summed E-state index contributed by atoms with van der Waals surface area (Å²) in [6.45, 7) is 18.1. The van der Waals surface area contributed by atoms with Gasteiger partial charge >= 0.3 is 17.1 Å². The van der Waals surface area contributed by atoms with Crippen LogP contribution < -0.4 is 0 Å². The molecule has 0 nitrogen and oxygen atoms in total. The van der Waals surface area contributed by atoms with E-state index in [0.717, 1.165) is 25.7 Å². The van der Waals surface area contributed by atoms with Gasteiger partial charge in [-0.05, 0) is 79.1 Å². The van der Waals surface area contributed by atoms with Crippen LogP contribution in [-0.4, -0.2) is 33.2 Å². The van der Waals surface area contributed by atoms with Crippen molar-refractivity contribution < 1.29 is 36.5 Å². The quantitative estimate of drug-likeness (QED) is 0.192. The summed E-state index contributed by atoms with van der Waals surface area (Å²) in [6.07, 6.45) is 3.86. The molecule has 0 N–H and O–H groups in total. The van der Waals surface area contributed by atoms with Crippen molar-refractivity contribution in [1.29, 1.82) is 0 Å². The fourth-order valence-corrected chi connectivity index (χ4v) is 8.70. The standard InChI is InChI=1S/2C11H14P.C8H8.Fe.Rh/c2*1-9(2)12(10(3)4)11-7-5-6-8-11;1-2-4-6-8-7-5-3-1;;/h2*9-10H,1-4H3;1-2,7-8H2;;/q2*+1;;+2;. The van der Waals surface area contributed by atoms with Gasteiger partial charge in [0.1, 0.15) is 37.7 Å². The first-order chi connectivity index (χ1) is 15.3. The molecule has 0 atom stereocenters. The molecule has 0 aromatic rings. The SMILES string of the molecule is C1#CCCC#CCC1.CC(C)[P+](=C1C#CC#C1)C(C)C.CC(C)[P+](=C1C#CC#C1)C(C)C.[Fe+2].[Rh]. The minimum atomic E-state index is -0.110. The second-order valence-corrected chi connectivity index (χ2v) is 15.2. The Labute approximate surface area is 235 Å². The molecular formula is C30H36FeP2Rh+4. The predicted molar refractivity (Wildman–Crippen MR) is 150 cm³/mol. The normalized spacial score (nSPS) is 12.7. The van der Waals surface area contributed by atoms with Crippen LogP contribution in [0.5, 0.6) is 0 Å². The van der Waals surface area contributed by atoms with Crippen molar-refractivity contribution in [3.05, 3.63) is 0 Å². The topological polar surface area (TPSA) is 0 Å². The van der Waals surface area contributed by atoms with Crippen molar-refractivity contribution in [2.75, 3.05) is 0 Å². The smallest absolute Gasteiger partial charge is 0.102 e. The maximum Gasteiger partial charge on any atom is 2.00 e. The first-order valence-electron chi connectivity index (χ1n) is 11.5. The largest absolute Gasteiger partial charge is 2.00 e. The van der Waals surface area contributed by atoms with Gasteiger partial charge in [-0.25, -0.2) is 0 Å². The summed E-state index contributed by atoms with van der Waals surface area (Å²) in [5, 5.41) is 2.41. The third kappa shape index (κ3) is 13.7. The zero-order valence-electron chi connectivity index (χ0n) is 21.7. The Balaban J connectivity index is 0. The van der Waals surface area contributed by atoms with Crippen LogP contribution >= 0.6 is 15.1 Å². The Morgan fingerprint density at radius 2 is 0.676 bits per heavy atom. The molecule has 0 aromatic heterocycles. The minimum absolute atomic E-state index is 0. The van der Waals surface area contributed by atoms with Crippen LogP contribution in [0.1, 0.15) is 81.1 Å². The van der Waals surface area contributed by atoms with Crippen LogP contribution in [0.25, 0.3) is 0 Å². The van der Waals surface area contributed by atoms with E-state index in [4.69, 9.17) is 0 Å². The molecule has 3 aliphatic carbocycles. The van der Waals surface area contributed by atoms with E-state index < -0.39 is 0 Å². The van der Waals surface area contributed by atoms with E-state index in [9.17, 15) is 0 Å². The molecule has 0 saturated carbocycles. The van der Waals surface area contributed by atoms with Crippen molar-refractivity contribution in [1.82, 2.24) is 0 Å². The van der Waals surface area contributed by atoms with Gasteiger partial charge in [0, 0.05) is 68.8 Å². The number of hydrogen-bond acceptors (Lipinski definition) is 0. The summed E-state index contributed by atoms with van der Waals surface area (Å²) in [7, 11) is -0.221. The molecule has 34 heavy (non-hydrogen) atoms. The van der Waals surface area contributed by atoms with Crippen LogP contribution in [0.3, 0.4) is 0 Å². The van der Waals surface area contributed by atoms with Crippen molar-refractivity contribution in [2.24, 2.45) is 0 Å². The molecule has 0 spiro atoms. The monoisotopic (exact) mass is 617 g/mol. The molecule has 4 heteroatoms. The number of hydrogen-bond donors (Lipinski definition) is 0. The molecule has 0 saturated heterocycles. The molecule has 0 fully saturated rings. The third-order valence-electron chi connectivity index (χ3n) is 4.59. The zero-order valence-corrected chi connectivity index (χ0v) is 26.3. The second-order valence-electron chi connectivity index (χ2n) is 8.59. The molecule has 0 amide bonds. The molecule has 0 heterocycles. The van der Waals surface area contributed by atoms with Crippen LogP contribution in [0, 0.1) is 71.0 Å². The fourth-order valence-electron chi connectivity index (χ4n) is 3.51. The summed E-state index contributed by atoms with van der Waals surface area (Å²) >= 11 is 0. The Kier molecular flexibility index (Phi) is 20.7. The summed E-state index contributed by atoms with van der Waals surface area (Å²) in [6, 6.07) is 0.